The first-order chi connectivity index (χ1) is 13.4. The third-order valence-corrected chi connectivity index (χ3v) is 4.89. The number of benzene rings is 2. The van der Waals surface area contributed by atoms with E-state index in [-0.39, 0.29) is 12.2 Å². The topological polar surface area (TPSA) is 108 Å². The summed E-state index contributed by atoms with van der Waals surface area (Å²) in [7, 11) is 0. The molecule has 28 heavy (non-hydrogen) atoms. The molecule has 0 saturated carbocycles. The average molecular weight is 467 g/mol. The highest BCUT2D eigenvalue weighted by molar-refractivity contribution is 9.10. The number of anilines is 1. The summed E-state index contributed by atoms with van der Waals surface area (Å²) in [5.41, 5.74) is 2.41. The number of hydroxylamine groups is 1. The number of ether oxygens (including phenoxy) is 1. The van der Waals surface area contributed by atoms with Gasteiger partial charge in [-0.05, 0) is 48.7 Å². The molecular weight excluding hydrogens is 448 g/mol. The molecule has 7 nitrogen and oxygen atoms in total. The molecule has 0 aliphatic rings. The van der Waals surface area contributed by atoms with Gasteiger partial charge in [0.15, 0.2) is 0 Å². The second kappa shape index (κ2) is 10.7. The van der Waals surface area contributed by atoms with E-state index in [1.807, 2.05) is 18.4 Å². The van der Waals surface area contributed by atoms with Gasteiger partial charge in [0.2, 0.25) is 0 Å². The quantitative estimate of drug-likeness (QED) is 0.205. The Morgan fingerprint density at radius 3 is 2.61 bits per heavy atom. The molecule has 1 atom stereocenters. The molecule has 0 aliphatic carbocycles. The van der Waals surface area contributed by atoms with Gasteiger partial charge in [0.25, 0.3) is 5.91 Å². The maximum Gasteiger partial charge on any atom is 0.412 e. The van der Waals surface area contributed by atoms with Gasteiger partial charge >= 0.3 is 6.09 Å². The van der Waals surface area contributed by atoms with Gasteiger partial charge in [-0.15, -0.1) is 11.8 Å². The third kappa shape index (κ3) is 6.59. The molecule has 9 heteroatoms. The summed E-state index contributed by atoms with van der Waals surface area (Å²) >= 11 is 4.90. The molecule has 2 aromatic carbocycles. The number of rotatable bonds is 7. The molecule has 0 bridgehead atoms. The smallest absolute Gasteiger partial charge is 0.412 e. The van der Waals surface area contributed by atoms with E-state index in [0.29, 0.717) is 15.7 Å². The summed E-state index contributed by atoms with van der Waals surface area (Å²) in [6.45, 7) is 0. The maximum absolute atomic E-state index is 12.3. The van der Waals surface area contributed by atoms with E-state index in [1.165, 1.54) is 17.6 Å². The Morgan fingerprint density at radius 1 is 1.25 bits per heavy atom. The Labute approximate surface area is 174 Å². The number of nitrogens with one attached hydrogen (secondary N) is 2. The molecule has 0 fully saturated rings. The number of amides is 2. The van der Waals surface area contributed by atoms with Crippen LogP contribution in [0.4, 0.5) is 10.5 Å². The van der Waals surface area contributed by atoms with Crippen LogP contribution in [0, 0.1) is 0 Å². The van der Waals surface area contributed by atoms with Crippen molar-refractivity contribution in [1.29, 1.82) is 0 Å². The van der Waals surface area contributed by atoms with Crippen molar-refractivity contribution in [2.75, 3.05) is 11.6 Å². The van der Waals surface area contributed by atoms with Crippen LogP contribution in [0.1, 0.15) is 18.1 Å². The van der Waals surface area contributed by atoms with Crippen molar-refractivity contribution in [2.45, 2.75) is 17.4 Å². The van der Waals surface area contributed by atoms with E-state index in [0.717, 1.165) is 11.0 Å². The van der Waals surface area contributed by atoms with Gasteiger partial charge in [-0.1, -0.05) is 22.0 Å². The Bertz CT molecular complexity index is 858. The molecule has 4 N–H and O–H groups in total. The predicted molar refractivity (Wildman–Crippen MR) is 111 cm³/mol. The molecule has 2 amide bonds. The number of phenolic OH excluding ortho intramolecular Hbond substituents is 1. The van der Waals surface area contributed by atoms with Crippen LogP contribution in [0.5, 0.6) is 5.75 Å². The monoisotopic (exact) mass is 466 g/mol. The molecule has 0 unspecified atom stereocenters. The number of hydrogen-bond acceptors (Lipinski definition) is 6. The Kier molecular flexibility index (Phi) is 8.37. The Balaban J connectivity index is 2.15. The summed E-state index contributed by atoms with van der Waals surface area (Å²) in [6, 6.07) is 12.0. The Morgan fingerprint density at radius 2 is 1.96 bits per heavy atom. The van der Waals surface area contributed by atoms with E-state index in [2.05, 4.69) is 21.2 Å². The highest BCUT2D eigenvalue weighted by Crippen LogP contribution is 2.32. The fourth-order valence-electron chi connectivity index (χ4n) is 2.31. The fraction of sp³-hybridized carbons (Fsp3) is 0.158. The average Bonchev–Trinajstić information content (AvgIpc) is 2.69. The van der Waals surface area contributed by atoms with Crippen LogP contribution >= 0.6 is 27.7 Å². The highest BCUT2D eigenvalue weighted by atomic mass is 79.9. The van der Waals surface area contributed by atoms with Gasteiger partial charge in [-0.2, -0.15) is 0 Å². The summed E-state index contributed by atoms with van der Waals surface area (Å²) < 4.78 is 6.16. The van der Waals surface area contributed by atoms with Crippen LogP contribution in [0.2, 0.25) is 0 Å². The minimum Gasteiger partial charge on any atom is -0.508 e. The molecular formula is C19H19BrN2O5S. The number of aromatic hydroxyl groups is 1. The SMILES string of the molecule is CSc1ccc(NC(=O)O[C@H](C/C=C/C(=O)NO)c2cc(Br)ccc2O)cc1. The molecule has 0 radical (unpaired) electrons. The van der Waals surface area contributed by atoms with Gasteiger partial charge in [0.1, 0.15) is 11.9 Å². The van der Waals surface area contributed by atoms with E-state index in [4.69, 9.17) is 9.94 Å². The van der Waals surface area contributed by atoms with Gasteiger partial charge in [-0.25, -0.2) is 10.3 Å². The molecule has 2 rings (SSSR count). The minimum absolute atomic E-state index is 0.0506. The summed E-state index contributed by atoms with van der Waals surface area (Å²) in [4.78, 5) is 24.5. The molecule has 0 saturated heterocycles. The maximum atomic E-state index is 12.3. The fourth-order valence-corrected chi connectivity index (χ4v) is 3.10. The first-order valence-corrected chi connectivity index (χ1v) is 10.2. The van der Waals surface area contributed by atoms with Crippen molar-refractivity contribution in [2.24, 2.45) is 0 Å². The number of carbonyl (C=O) groups excluding carboxylic acids is 2. The third-order valence-electron chi connectivity index (χ3n) is 3.65. The largest absolute Gasteiger partial charge is 0.508 e. The lowest BCUT2D eigenvalue weighted by molar-refractivity contribution is -0.124. The van der Waals surface area contributed by atoms with Gasteiger partial charge < -0.3 is 9.84 Å². The van der Waals surface area contributed by atoms with Crippen LogP contribution in [-0.2, 0) is 9.53 Å². The first-order valence-electron chi connectivity index (χ1n) is 8.13. The van der Waals surface area contributed by atoms with Gasteiger partial charge in [-0.3, -0.25) is 15.3 Å². The van der Waals surface area contributed by atoms with E-state index in [1.54, 1.807) is 36.0 Å². The van der Waals surface area contributed by atoms with Gasteiger partial charge in [0, 0.05) is 33.1 Å². The van der Waals surface area contributed by atoms with Crippen LogP contribution in [0.15, 0.2) is 64.0 Å². The van der Waals surface area contributed by atoms with Crippen molar-refractivity contribution in [3.63, 3.8) is 0 Å². The Hall–Kier alpha value is -2.49. The zero-order valence-corrected chi connectivity index (χ0v) is 17.3. The first kappa shape index (κ1) is 21.8. The lowest BCUT2D eigenvalue weighted by atomic mass is 10.0. The number of thioether (sulfide) groups is 1. The summed E-state index contributed by atoms with van der Waals surface area (Å²) in [6.07, 6.45) is 3.03. The molecule has 2 aromatic rings. The predicted octanol–water partition coefficient (Wildman–Crippen LogP) is 4.62. The minimum atomic E-state index is -0.856. The van der Waals surface area contributed by atoms with Crippen molar-refractivity contribution >= 4 is 45.4 Å². The molecule has 0 heterocycles. The van der Waals surface area contributed by atoms with Crippen molar-refractivity contribution in [3.8, 4) is 5.75 Å². The standard InChI is InChI=1S/C19H19BrN2O5S/c1-28-14-8-6-13(7-9-14)21-19(25)27-17(3-2-4-18(24)22-26)15-11-12(20)5-10-16(15)23/h2,4-11,17,23,26H,3H2,1H3,(H,21,25)(H,22,24)/b4-2+/t17-/m1/s1. The number of phenols is 1. The highest BCUT2D eigenvalue weighted by Gasteiger charge is 2.20. The lowest BCUT2D eigenvalue weighted by Crippen LogP contribution is -2.18. The van der Waals surface area contributed by atoms with Crippen molar-refractivity contribution in [3.05, 3.63) is 64.7 Å². The number of carbonyl (C=O) groups is 2. The van der Waals surface area contributed by atoms with Crippen LogP contribution in [0.25, 0.3) is 0 Å². The van der Waals surface area contributed by atoms with Crippen molar-refractivity contribution in [1.82, 2.24) is 5.48 Å². The molecule has 0 spiro atoms. The number of hydrogen-bond donors (Lipinski definition) is 4. The zero-order valence-electron chi connectivity index (χ0n) is 14.9. The normalized spacial score (nSPS) is 11.8. The van der Waals surface area contributed by atoms with E-state index in [9.17, 15) is 14.7 Å². The molecule has 0 aliphatic heterocycles. The van der Waals surface area contributed by atoms with E-state index >= 15 is 0 Å². The summed E-state index contributed by atoms with van der Waals surface area (Å²) in [5.74, 6) is -0.763. The van der Waals surface area contributed by atoms with Crippen LogP contribution in [0.3, 0.4) is 0 Å². The molecule has 148 valence electrons. The van der Waals surface area contributed by atoms with E-state index < -0.39 is 18.1 Å². The van der Waals surface area contributed by atoms with Crippen molar-refractivity contribution < 1.29 is 24.6 Å². The lowest BCUT2D eigenvalue weighted by Gasteiger charge is -2.19. The summed E-state index contributed by atoms with van der Waals surface area (Å²) in [5, 5.41) is 21.3. The molecule has 0 aromatic heterocycles. The number of halogens is 1. The van der Waals surface area contributed by atoms with Crippen LogP contribution < -0.4 is 10.8 Å². The van der Waals surface area contributed by atoms with Gasteiger partial charge in [0.05, 0.1) is 0 Å². The second-order valence-corrected chi connectivity index (χ2v) is 7.36. The second-order valence-electron chi connectivity index (χ2n) is 5.56. The zero-order chi connectivity index (χ0) is 20.5. The van der Waals surface area contributed by atoms with Crippen LogP contribution in [-0.4, -0.2) is 28.6 Å².